The Morgan fingerprint density at radius 1 is 1.20 bits per heavy atom. The van der Waals surface area contributed by atoms with Crippen LogP contribution >= 0.6 is 0 Å². The fraction of sp³-hybridized carbons (Fsp3) is 0.667. The molecular weight excluding hydrogens is 246 g/mol. The Hall–Kier alpha value is -1.02. The summed E-state index contributed by atoms with van der Waals surface area (Å²) in [7, 11) is 0. The van der Waals surface area contributed by atoms with Crippen molar-refractivity contribution in [1.82, 2.24) is 5.32 Å². The zero-order chi connectivity index (χ0) is 14.8. The minimum atomic E-state index is 0.180. The minimum Gasteiger partial charge on any atom is -0.494 e. The van der Waals surface area contributed by atoms with Crippen LogP contribution in [0.5, 0.6) is 5.75 Å². The van der Waals surface area contributed by atoms with Crippen LogP contribution in [0.15, 0.2) is 24.3 Å². The summed E-state index contributed by atoms with van der Waals surface area (Å²) in [5.74, 6) is 1.79. The van der Waals surface area contributed by atoms with Crippen LogP contribution in [0.2, 0.25) is 0 Å². The molecule has 1 aliphatic carbocycles. The summed E-state index contributed by atoms with van der Waals surface area (Å²) in [5.41, 5.74) is 1.98. The van der Waals surface area contributed by atoms with Gasteiger partial charge in [-0.05, 0) is 57.7 Å². The van der Waals surface area contributed by atoms with Gasteiger partial charge in [-0.3, -0.25) is 0 Å². The van der Waals surface area contributed by atoms with Crippen LogP contribution in [-0.4, -0.2) is 18.7 Å². The zero-order valence-electron chi connectivity index (χ0n) is 13.6. The fourth-order valence-electron chi connectivity index (χ4n) is 3.06. The van der Waals surface area contributed by atoms with Gasteiger partial charge in [-0.1, -0.05) is 25.5 Å². The van der Waals surface area contributed by atoms with E-state index in [1.165, 1.54) is 18.4 Å². The number of hydrogen-bond acceptors (Lipinski definition) is 2. The molecule has 1 aliphatic rings. The smallest absolute Gasteiger partial charge is 0.119 e. The van der Waals surface area contributed by atoms with Gasteiger partial charge < -0.3 is 10.1 Å². The highest BCUT2D eigenvalue weighted by Gasteiger charge is 2.53. The number of ether oxygens (including phenoxy) is 1. The second-order valence-corrected chi connectivity index (χ2v) is 7.03. The molecule has 2 unspecified atom stereocenters. The first-order chi connectivity index (χ1) is 9.41. The van der Waals surface area contributed by atoms with Crippen LogP contribution < -0.4 is 10.1 Å². The molecule has 1 N–H and O–H groups in total. The second kappa shape index (κ2) is 5.77. The number of hydrogen-bond donors (Lipinski definition) is 1. The van der Waals surface area contributed by atoms with Crippen molar-refractivity contribution in [3.63, 3.8) is 0 Å². The van der Waals surface area contributed by atoms with Gasteiger partial charge in [0.25, 0.3) is 0 Å². The van der Waals surface area contributed by atoms with Gasteiger partial charge in [-0.2, -0.15) is 0 Å². The molecule has 2 nitrogen and oxygen atoms in total. The molecule has 0 bridgehead atoms. The monoisotopic (exact) mass is 275 g/mol. The molecule has 0 heterocycles. The summed E-state index contributed by atoms with van der Waals surface area (Å²) in [6.45, 7) is 12.8. The van der Waals surface area contributed by atoms with Crippen molar-refractivity contribution in [2.45, 2.75) is 58.4 Å². The van der Waals surface area contributed by atoms with Gasteiger partial charge in [0, 0.05) is 17.5 Å². The van der Waals surface area contributed by atoms with Crippen LogP contribution in [-0.2, 0) is 5.41 Å². The first-order valence-electron chi connectivity index (χ1n) is 7.89. The van der Waals surface area contributed by atoms with E-state index in [4.69, 9.17) is 4.74 Å². The maximum atomic E-state index is 5.55. The average Bonchev–Trinajstić information content (AvgIpc) is 3.12. The van der Waals surface area contributed by atoms with E-state index in [-0.39, 0.29) is 5.54 Å². The molecular formula is C18H29NO. The Morgan fingerprint density at radius 2 is 1.85 bits per heavy atom. The molecule has 0 aromatic heterocycles. The lowest BCUT2D eigenvalue weighted by Gasteiger charge is -2.26. The third-order valence-corrected chi connectivity index (χ3v) is 4.40. The van der Waals surface area contributed by atoms with E-state index in [1.807, 2.05) is 6.92 Å². The Balaban J connectivity index is 2.12. The van der Waals surface area contributed by atoms with Crippen molar-refractivity contribution < 1.29 is 4.74 Å². The Labute approximate surface area is 123 Å². The minimum absolute atomic E-state index is 0.180. The third kappa shape index (κ3) is 3.35. The van der Waals surface area contributed by atoms with Crippen molar-refractivity contribution in [2.24, 2.45) is 5.92 Å². The lowest BCUT2D eigenvalue weighted by Crippen LogP contribution is -2.41. The first-order valence-corrected chi connectivity index (χ1v) is 7.89. The SMILES string of the molecule is CCOc1ccc(C2(CNC(C)(C)C)CC2CC)cc1. The summed E-state index contributed by atoms with van der Waals surface area (Å²) in [6, 6.07) is 8.74. The molecule has 1 aromatic rings. The predicted octanol–water partition coefficient (Wildman–Crippen LogP) is 4.14. The molecule has 0 amide bonds. The molecule has 1 fully saturated rings. The van der Waals surface area contributed by atoms with E-state index in [0.717, 1.165) is 24.8 Å². The molecule has 1 aromatic carbocycles. The van der Waals surface area contributed by atoms with Crippen LogP contribution in [0, 0.1) is 5.92 Å². The van der Waals surface area contributed by atoms with Crippen molar-refractivity contribution in [3.05, 3.63) is 29.8 Å². The molecule has 0 aliphatic heterocycles. The third-order valence-electron chi connectivity index (χ3n) is 4.40. The van der Waals surface area contributed by atoms with Crippen molar-refractivity contribution in [2.75, 3.05) is 13.2 Å². The van der Waals surface area contributed by atoms with Crippen molar-refractivity contribution in [1.29, 1.82) is 0 Å². The molecule has 0 spiro atoms. The van der Waals surface area contributed by atoms with Gasteiger partial charge in [0.15, 0.2) is 0 Å². The summed E-state index contributed by atoms with van der Waals surface area (Å²) in [5, 5.41) is 3.70. The van der Waals surface area contributed by atoms with Gasteiger partial charge in [-0.25, -0.2) is 0 Å². The van der Waals surface area contributed by atoms with E-state index in [1.54, 1.807) is 0 Å². The van der Waals surface area contributed by atoms with Crippen LogP contribution in [0.1, 0.15) is 53.0 Å². The van der Waals surface area contributed by atoms with Crippen LogP contribution in [0.4, 0.5) is 0 Å². The number of benzene rings is 1. The van der Waals surface area contributed by atoms with Gasteiger partial charge in [-0.15, -0.1) is 0 Å². The highest BCUT2D eigenvalue weighted by atomic mass is 16.5. The summed E-state index contributed by atoms with van der Waals surface area (Å²) in [6.07, 6.45) is 2.57. The molecule has 0 radical (unpaired) electrons. The first kappa shape index (κ1) is 15.4. The molecule has 1 saturated carbocycles. The van der Waals surface area contributed by atoms with E-state index in [9.17, 15) is 0 Å². The molecule has 2 rings (SSSR count). The summed E-state index contributed by atoms with van der Waals surface area (Å²) >= 11 is 0. The molecule has 0 saturated heterocycles. The molecule has 2 heteroatoms. The fourth-order valence-corrected chi connectivity index (χ4v) is 3.06. The van der Waals surface area contributed by atoms with Crippen LogP contribution in [0.3, 0.4) is 0 Å². The Morgan fingerprint density at radius 3 is 2.30 bits per heavy atom. The Bertz CT molecular complexity index is 432. The van der Waals surface area contributed by atoms with Crippen molar-refractivity contribution in [3.8, 4) is 5.75 Å². The number of rotatable bonds is 6. The maximum absolute atomic E-state index is 5.55. The van der Waals surface area contributed by atoms with E-state index in [2.05, 4.69) is 57.3 Å². The predicted molar refractivity (Wildman–Crippen MR) is 85.4 cm³/mol. The van der Waals surface area contributed by atoms with Crippen molar-refractivity contribution >= 4 is 0 Å². The van der Waals surface area contributed by atoms with Gasteiger partial charge in [0.2, 0.25) is 0 Å². The molecule has 112 valence electrons. The van der Waals surface area contributed by atoms with E-state index >= 15 is 0 Å². The maximum Gasteiger partial charge on any atom is 0.119 e. The quantitative estimate of drug-likeness (QED) is 0.842. The average molecular weight is 275 g/mol. The molecule has 20 heavy (non-hydrogen) atoms. The second-order valence-electron chi connectivity index (χ2n) is 7.03. The van der Waals surface area contributed by atoms with Gasteiger partial charge in [0.1, 0.15) is 5.75 Å². The van der Waals surface area contributed by atoms with Crippen LogP contribution in [0.25, 0.3) is 0 Å². The standard InChI is InChI=1S/C18H29NO/c1-6-14-12-18(14,13-19-17(3,4)5)15-8-10-16(11-9-15)20-7-2/h8-11,14,19H,6-7,12-13H2,1-5H3. The highest BCUT2D eigenvalue weighted by molar-refractivity contribution is 5.38. The van der Waals surface area contributed by atoms with Gasteiger partial charge >= 0.3 is 0 Å². The van der Waals surface area contributed by atoms with E-state index in [0.29, 0.717) is 5.41 Å². The highest BCUT2D eigenvalue weighted by Crippen LogP contribution is 2.55. The Kier molecular flexibility index (Phi) is 4.43. The van der Waals surface area contributed by atoms with Gasteiger partial charge in [0.05, 0.1) is 6.61 Å². The molecule has 2 atom stereocenters. The number of nitrogens with one attached hydrogen (secondary N) is 1. The normalized spacial score (nSPS) is 25.6. The largest absolute Gasteiger partial charge is 0.494 e. The topological polar surface area (TPSA) is 21.3 Å². The lowest BCUT2D eigenvalue weighted by molar-refractivity contribution is 0.339. The summed E-state index contributed by atoms with van der Waals surface area (Å²) in [4.78, 5) is 0. The van der Waals surface area contributed by atoms with E-state index < -0.39 is 0 Å². The summed E-state index contributed by atoms with van der Waals surface area (Å²) < 4.78 is 5.55. The lowest BCUT2D eigenvalue weighted by atomic mass is 9.91. The zero-order valence-corrected chi connectivity index (χ0v) is 13.6.